The van der Waals surface area contributed by atoms with E-state index in [2.05, 4.69) is 36.5 Å². The maximum absolute atomic E-state index is 12.4. The third kappa shape index (κ3) is 2.81. The molecular formula is C16H21NOS. The van der Waals surface area contributed by atoms with Gasteiger partial charge < -0.3 is 5.32 Å². The number of hydrogen-bond acceptors (Lipinski definition) is 2. The molecule has 3 atom stereocenters. The van der Waals surface area contributed by atoms with Crippen molar-refractivity contribution in [1.82, 2.24) is 5.32 Å². The average Bonchev–Trinajstić information content (AvgIpc) is 2.85. The lowest BCUT2D eigenvalue weighted by Gasteiger charge is -2.30. The zero-order valence-corrected chi connectivity index (χ0v) is 12.2. The van der Waals surface area contributed by atoms with E-state index in [9.17, 15) is 4.79 Å². The number of amides is 1. The van der Waals surface area contributed by atoms with Gasteiger partial charge in [0, 0.05) is 10.9 Å². The van der Waals surface area contributed by atoms with Crippen LogP contribution in [0.2, 0.25) is 0 Å². The fourth-order valence-corrected chi connectivity index (χ4v) is 4.34. The number of rotatable bonds is 2. The molecule has 0 radical (unpaired) electrons. The average molecular weight is 275 g/mol. The van der Waals surface area contributed by atoms with Crippen molar-refractivity contribution in [2.24, 2.45) is 5.92 Å². The lowest BCUT2D eigenvalue weighted by Crippen LogP contribution is -2.44. The molecule has 0 bridgehead atoms. The van der Waals surface area contributed by atoms with E-state index in [1.54, 1.807) is 11.8 Å². The van der Waals surface area contributed by atoms with Crippen molar-refractivity contribution >= 4 is 17.7 Å². The van der Waals surface area contributed by atoms with Gasteiger partial charge in [-0.05, 0) is 36.8 Å². The first-order chi connectivity index (χ1) is 9.24. The SMILES string of the molecule is C[C@@H]1CCCC[C@H]1NC(=O)[C@H]1Cc2ccccc2S1. The Kier molecular flexibility index (Phi) is 3.83. The predicted molar refractivity (Wildman–Crippen MR) is 79.4 cm³/mol. The Balaban J connectivity index is 1.60. The van der Waals surface area contributed by atoms with Crippen LogP contribution in [0.25, 0.3) is 0 Å². The summed E-state index contributed by atoms with van der Waals surface area (Å²) in [4.78, 5) is 13.7. The third-order valence-corrected chi connectivity index (χ3v) is 5.70. The van der Waals surface area contributed by atoms with Crippen molar-refractivity contribution in [3.05, 3.63) is 29.8 Å². The third-order valence-electron chi connectivity index (χ3n) is 4.38. The smallest absolute Gasteiger partial charge is 0.234 e. The van der Waals surface area contributed by atoms with Gasteiger partial charge in [0.2, 0.25) is 5.91 Å². The molecule has 3 heteroatoms. The lowest BCUT2D eigenvalue weighted by atomic mass is 9.86. The number of carbonyl (C=O) groups is 1. The summed E-state index contributed by atoms with van der Waals surface area (Å²) >= 11 is 1.72. The van der Waals surface area contributed by atoms with Gasteiger partial charge in [-0.15, -0.1) is 11.8 Å². The summed E-state index contributed by atoms with van der Waals surface area (Å²) in [5.74, 6) is 0.867. The van der Waals surface area contributed by atoms with E-state index < -0.39 is 0 Å². The summed E-state index contributed by atoms with van der Waals surface area (Å²) in [6.07, 6.45) is 5.86. The maximum atomic E-state index is 12.4. The van der Waals surface area contributed by atoms with Gasteiger partial charge in [0.1, 0.15) is 0 Å². The first-order valence-electron chi connectivity index (χ1n) is 7.29. The fourth-order valence-electron chi connectivity index (χ4n) is 3.13. The topological polar surface area (TPSA) is 29.1 Å². The molecule has 1 heterocycles. The van der Waals surface area contributed by atoms with Crippen LogP contribution in [-0.2, 0) is 11.2 Å². The largest absolute Gasteiger partial charge is 0.352 e. The van der Waals surface area contributed by atoms with E-state index in [-0.39, 0.29) is 11.2 Å². The van der Waals surface area contributed by atoms with Crippen molar-refractivity contribution in [1.29, 1.82) is 0 Å². The first-order valence-corrected chi connectivity index (χ1v) is 8.17. The van der Waals surface area contributed by atoms with Crippen molar-refractivity contribution in [2.45, 2.75) is 55.2 Å². The van der Waals surface area contributed by atoms with E-state index >= 15 is 0 Å². The minimum Gasteiger partial charge on any atom is -0.352 e. The number of carbonyl (C=O) groups excluding carboxylic acids is 1. The summed E-state index contributed by atoms with van der Waals surface area (Å²) in [7, 11) is 0. The molecule has 1 saturated carbocycles. The molecule has 2 aliphatic rings. The Morgan fingerprint density at radius 2 is 2.05 bits per heavy atom. The maximum Gasteiger partial charge on any atom is 0.234 e. The molecule has 2 nitrogen and oxygen atoms in total. The van der Waals surface area contributed by atoms with E-state index in [1.807, 2.05) is 0 Å². The molecule has 0 aromatic heterocycles. The Hall–Kier alpha value is -0.960. The molecule has 0 saturated heterocycles. The van der Waals surface area contributed by atoms with Gasteiger partial charge in [0.25, 0.3) is 0 Å². The standard InChI is InChI=1S/C16H21NOS/c1-11-6-2-4-8-13(11)17-16(18)15-10-12-7-3-5-9-14(12)19-15/h3,5,7,9,11,13,15H,2,4,6,8,10H2,1H3,(H,17,18)/t11-,13-,15-/m1/s1. The second kappa shape index (κ2) is 5.58. The second-order valence-electron chi connectivity index (χ2n) is 5.80. The van der Waals surface area contributed by atoms with Gasteiger partial charge in [-0.25, -0.2) is 0 Å². The van der Waals surface area contributed by atoms with E-state index in [0.717, 1.165) is 12.8 Å². The molecule has 1 amide bonds. The Morgan fingerprint density at radius 3 is 2.84 bits per heavy atom. The summed E-state index contributed by atoms with van der Waals surface area (Å²) < 4.78 is 0. The highest BCUT2D eigenvalue weighted by Crippen LogP contribution is 2.37. The fraction of sp³-hybridized carbons (Fsp3) is 0.562. The quantitative estimate of drug-likeness (QED) is 0.896. The van der Waals surface area contributed by atoms with E-state index in [0.29, 0.717) is 12.0 Å². The predicted octanol–water partition coefficient (Wildman–Crippen LogP) is 3.40. The molecule has 102 valence electrons. The minimum atomic E-state index is 0.0755. The second-order valence-corrected chi connectivity index (χ2v) is 7.04. The monoisotopic (exact) mass is 275 g/mol. The number of benzene rings is 1. The number of nitrogens with one attached hydrogen (secondary N) is 1. The van der Waals surface area contributed by atoms with Crippen LogP contribution in [0.1, 0.15) is 38.2 Å². The van der Waals surface area contributed by atoms with Crippen LogP contribution >= 0.6 is 11.8 Å². The molecule has 1 N–H and O–H groups in total. The van der Waals surface area contributed by atoms with E-state index in [4.69, 9.17) is 0 Å². The van der Waals surface area contributed by atoms with Crippen molar-refractivity contribution < 1.29 is 4.79 Å². The summed E-state index contributed by atoms with van der Waals surface area (Å²) in [6.45, 7) is 2.26. The molecule has 1 fully saturated rings. The van der Waals surface area contributed by atoms with Gasteiger partial charge in [-0.2, -0.15) is 0 Å². The van der Waals surface area contributed by atoms with Gasteiger partial charge in [-0.1, -0.05) is 38.0 Å². The highest BCUT2D eigenvalue weighted by atomic mass is 32.2. The molecule has 0 unspecified atom stereocenters. The van der Waals surface area contributed by atoms with Crippen LogP contribution in [-0.4, -0.2) is 17.2 Å². The zero-order chi connectivity index (χ0) is 13.2. The molecule has 3 rings (SSSR count). The molecule has 0 spiro atoms. The molecule has 19 heavy (non-hydrogen) atoms. The summed E-state index contributed by atoms with van der Waals surface area (Å²) in [5, 5.41) is 3.36. The molecule has 1 aliphatic heterocycles. The normalized spacial score (nSPS) is 29.8. The summed E-state index contributed by atoms with van der Waals surface area (Å²) in [5.41, 5.74) is 1.32. The molecule has 1 aliphatic carbocycles. The molecule has 1 aromatic rings. The zero-order valence-electron chi connectivity index (χ0n) is 11.4. The highest BCUT2D eigenvalue weighted by molar-refractivity contribution is 8.01. The van der Waals surface area contributed by atoms with Crippen LogP contribution in [0.15, 0.2) is 29.2 Å². The van der Waals surface area contributed by atoms with Gasteiger partial charge in [-0.3, -0.25) is 4.79 Å². The van der Waals surface area contributed by atoms with Crippen LogP contribution in [0.4, 0.5) is 0 Å². The number of fused-ring (bicyclic) bond motifs is 1. The Bertz CT molecular complexity index is 449. The van der Waals surface area contributed by atoms with Gasteiger partial charge in [0.05, 0.1) is 5.25 Å². The number of hydrogen-bond donors (Lipinski definition) is 1. The minimum absolute atomic E-state index is 0.0755. The number of thioether (sulfide) groups is 1. The summed E-state index contributed by atoms with van der Waals surface area (Å²) in [6, 6.07) is 8.76. The van der Waals surface area contributed by atoms with Gasteiger partial charge >= 0.3 is 0 Å². The van der Waals surface area contributed by atoms with Crippen molar-refractivity contribution in [3.8, 4) is 0 Å². The Labute approximate surface area is 119 Å². The molecule has 1 aromatic carbocycles. The van der Waals surface area contributed by atoms with Crippen LogP contribution in [0, 0.1) is 5.92 Å². The van der Waals surface area contributed by atoms with Crippen LogP contribution in [0.5, 0.6) is 0 Å². The van der Waals surface area contributed by atoms with Crippen LogP contribution < -0.4 is 5.32 Å². The van der Waals surface area contributed by atoms with E-state index in [1.165, 1.54) is 29.7 Å². The Morgan fingerprint density at radius 1 is 1.26 bits per heavy atom. The lowest BCUT2D eigenvalue weighted by molar-refractivity contribution is -0.121. The van der Waals surface area contributed by atoms with Crippen molar-refractivity contribution in [3.63, 3.8) is 0 Å². The highest BCUT2D eigenvalue weighted by Gasteiger charge is 2.31. The van der Waals surface area contributed by atoms with Gasteiger partial charge in [0.15, 0.2) is 0 Å². The molecular weight excluding hydrogens is 254 g/mol. The van der Waals surface area contributed by atoms with Crippen LogP contribution in [0.3, 0.4) is 0 Å². The first kappa shape index (κ1) is 13.0. The van der Waals surface area contributed by atoms with Crippen molar-refractivity contribution in [2.75, 3.05) is 0 Å².